The Morgan fingerprint density at radius 1 is 1.21 bits per heavy atom. The van der Waals surface area contributed by atoms with Crippen molar-refractivity contribution in [1.29, 1.82) is 0 Å². The van der Waals surface area contributed by atoms with E-state index < -0.39 is 0 Å². The molecule has 2 rings (SSSR count). The van der Waals surface area contributed by atoms with E-state index in [1.807, 2.05) is 11.8 Å². The highest BCUT2D eigenvalue weighted by Gasteiger charge is 2.24. The van der Waals surface area contributed by atoms with Gasteiger partial charge in [-0.2, -0.15) is 0 Å². The summed E-state index contributed by atoms with van der Waals surface area (Å²) in [5, 5.41) is 0. The molecule has 0 saturated carbocycles. The fraction of sp³-hybridized carbons (Fsp3) is 0.533. The molecule has 0 aliphatic carbocycles. The van der Waals surface area contributed by atoms with Crippen LogP contribution in [0.15, 0.2) is 18.2 Å². The minimum absolute atomic E-state index is 0.0836. The highest BCUT2D eigenvalue weighted by molar-refractivity contribution is 9.10. The number of anilines is 1. The number of amides is 1. The van der Waals surface area contributed by atoms with Crippen LogP contribution >= 0.6 is 15.9 Å². The normalized spacial score (nSPS) is 17.5. The summed E-state index contributed by atoms with van der Waals surface area (Å²) in [7, 11) is 0. The second-order valence-corrected chi connectivity index (χ2v) is 6.52. The lowest BCUT2D eigenvalue weighted by Gasteiger charge is -2.37. The number of rotatable bonds is 2. The summed E-state index contributed by atoms with van der Waals surface area (Å²) in [6.45, 7) is 9.64. The van der Waals surface area contributed by atoms with E-state index in [0.717, 1.165) is 26.2 Å². The molecule has 1 aliphatic rings. The van der Waals surface area contributed by atoms with Crippen LogP contribution in [-0.4, -0.2) is 41.8 Å². The largest absolute Gasteiger partial charge is 0.368 e. The molecule has 0 aromatic heterocycles. The number of piperazine rings is 1. The van der Waals surface area contributed by atoms with Crippen molar-refractivity contribution in [2.45, 2.75) is 25.6 Å². The first-order valence-electron chi connectivity index (χ1n) is 6.74. The maximum atomic E-state index is 11.9. The molecule has 3 nitrogen and oxygen atoms in total. The predicted molar refractivity (Wildman–Crippen MR) is 83.1 cm³/mol. The first kappa shape index (κ1) is 14.4. The molecule has 0 N–H and O–H groups in total. The average Bonchev–Trinajstić information content (AvgIpc) is 2.41. The summed E-state index contributed by atoms with van der Waals surface area (Å²) >= 11 is 3.35. The molecule has 4 heteroatoms. The van der Waals surface area contributed by atoms with Crippen LogP contribution in [0.4, 0.5) is 5.69 Å². The van der Waals surface area contributed by atoms with E-state index in [9.17, 15) is 4.79 Å². The summed E-state index contributed by atoms with van der Waals surface area (Å²) in [5.41, 5.74) is 3.97. The van der Waals surface area contributed by atoms with Crippen LogP contribution in [0.1, 0.15) is 18.1 Å². The number of benzene rings is 1. The summed E-state index contributed by atoms with van der Waals surface area (Å²) in [6, 6.07) is 6.42. The fourth-order valence-corrected chi connectivity index (χ4v) is 2.79. The van der Waals surface area contributed by atoms with Gasteiger partial charge in [0, 0.05) is 31.9 Å². The molecule has 1 atom stereocenters. The zero-order chi connectivity index (χ0) is 14.0. The Kier molecular flexibility index (Phi) is 4.50. The highest BCUT2D eigenvalue weighted by Crippen LogP contribution is 2.24. The van der Waals surface area contributed by atoms with Gasteiger partial charge in [0.2, 0.25) is 5.91 Å². The molecule has 0 radical (unpaired) electrons. The standard InChI is InChI=1S/C15H21BrN2O/c1-11-5-4-6-14(12(11)2)17-7-9-18(10-8-17)15(19)13(3)16/h4-6,13H,7-10H2,1-3H3. The number of carbonyl (C=O) groups is 1. The van der Waals surface area contributed by atoms with Crippen molar-refractivity contribution in [3.63, 3.8) is 0 Å². The smallest absolute Gasteiger partial charge is 0.236 e. The van der Waals surface area contributed by atoms with Gasteiger partial charge >= 0.3 is 0 Å². The maximum Gasteiger partial charge on any atom is 0.236 e. The van der Waals surface area contributed by atoms with Gasteiger partial charge in [-0.05, 0) is 38.0 Å². The summed E-state index contributed by atoms with van der Waals surface area (Å²) in [4.78, 5) is 16.2. The van der Waals surface area contributed by atoms with Crippen molar-refractivity contribution in [3.8, 4) is 0 Å². The van der Waals surface area contributed by atoms with E-state index in [1.165, 1.54) is 16.8 Å². The number of nitrogens with zero attached hydrogens (tertiary/aromatic N) is 2. The number of alkyl halides is 1. The van der Waals surface area contributed by atoms with Gasteiger partial charge in [-0.25, -0.2) is 0 Å². The van der Waals surface area contributed by atoms with Gasteiger partial charge in [0.05, 0.1) is 4.83 Å². The molecule has 1 aromatic rings. The highest BCUT2D eigenvalue weighted by atomic mass is 79.9. The molecule has 1 saturated heterocycles. The lowest BCUT2D eigenvalue weighted by molar-refractivity contribution is -0.130. The quantitative estimate of drug-likeness (QED) is 0.781. The molecular formula is C15H21BrN2O. The fourth-order valence-electron chi connectivity index (χ4n) is 2.50. The van der Waals surface area contributed by atoms with Crippen LogP contribution in [-0.2, 0) is 4.79 Å². The zero-order valence-electron chi connectivity index (χ0n) is 11.8. The molecule has 0 spiro atoms. The number of carbonyl (C=O) groups excluding carboxylic acids is 1. The second kappa shape index (κ2) is 5.95. The van der Waals surface area contributed by atoms with Crippen LogP contribution in [0.3, 0.4) is 0 Å². The molecular weight excluding hydrogens is 304 g/mol. The van der Waals surface area contributed by atoms with Crippen molar-refractivity contribution in [2.75, 3.05) is 31.1 Å². The van der Waals surface area contributed by atoms with E-state index in [4.69, 9.17) is 0 Å². The van der Waals surface area contributed by atoms with Gasteiger partial charge in [-0.15, -0.1) is 0 Å². The van der Waals surface area contributed by atoms with Crippen molar-refractivity contribution in [1.82, 2.24) is 4.90 Å². The van der Waals surface area contributed by atoms with Gasteiger partial charge in [0.1, 0.15) is 0 Å². The van der Waals surface area contributed by atoms with Crippen molar-refractivity contribution < 1.29 is 4.79 Å². The Labute approximate surface area is 123 Å². The zero-order valence-corrected chi connectivity index (χ0v) is 13.4. The van der Waals surface area contributed by atoms with Crippen LogP contribution in [0.5, 0.6) is 0 Å². The Balaban J connectivity index is 2.04. The minimum Gasteiger partial charge on any atom is -0.368 e. The SMILES string of the molecule is Cc1cccc(N2CCN(C(=O)C(C)Br)CC2)c1C. The third kappa shape index (κ3) is 3.11. The summed E-state index contributed by atoms with van der Waals surface area (Å²) in [5.74, 6) is 0.195. The van der Waals surface area contributed by atoms with E-state index in [2.05, 4.69) is 52.9 Å². The number of hydrogen-bond acceptors (Lipinski definition) is 2. The third-order valence-electron chi connectivity index (χ3n) is 3.85. The maximum absolute atomic E-state index is 11.9. The minimum atomic E-state index is -0.0836. The number of aryl methyl sites for hydroxylation is 1. The molecule has 19 heavy (non-hydrogen) atoms. The molecule has 1 aliphatic heterocycles. The lowest BCUT2D eigenvalue weighted by Crippen LogP contribution is -2.50. The molecule has 1 unspecified atom stereocenters. The topological polar surface area (TPSA) is 23.6 Å². The lowest BCUT2D eigenvalue weighted by atomic mass is 10.1. The molecule has 1 amide bonds. The van der Waals surface area contributed by atoms with Gasteiger partial charge in [-0.1, -0.05) is 28.1 Å². The van der Waals surface area contributed by atoms with Crippen LogP contribution in [0.25, 0.3) is 0 Å². The van der Waals surface area contributed by atoms with Crippen LogP contribution < -0.4 is 4.90 Å². The first-order valence-corrected chi connectivity index (χ1v) is 7.66. The molecule has 1 heterocycles. The predicted octanol–water partition coefficient (Wildman–Crippen LogP) is 2.74. The van der Waals surface area contributed by atoms with Crippen LogP contribution in [0, 0.1) is 13.8 Å². The van der Waals surface area contributed by atoms with Gasteiger partial charge in [0.15, 0.2) is 0 Å². The van der Waals surface area contributed by atoms with E-state index in [0.29, 0.717) is 0 Å². The average molecular weight is 325 g/mol. The number of hydrogen-bond donors (Lipinski definition) is 0. The van der Waals surface area contributed by atoms with Crippen molar-refractivity contribution in [3.05, 3.63) is 29.3 Å². The molecule has 0 bridgehead atoms. The Bertz CT molecular complexity index is 465. The van der Waals surface area contributed by atoms with Crippen LogP contribution in [0.2, 0.25) is 0 Å². The van der Waals surface area contributed by atoms with Crippen molar-refractivity contribution >= 4 is 27.5 Å². The Morgan fingerprint density at radius 3 is 2.42 bits per heavy atom. The first-order chi connectivity index (χ1) is 9.00. The van der Waals surface area contributed by atoms with E-state index in [1.54, 1.807) is 0 Å². The Hall–Kier alpha value is -1.03. The molecule has 1 aromatic carbocycles. The summed E-state index contributed by atoms with van der Waals surface area (Å²) in [6.07, 6.45) is 0. The monoisotopic (exact) mass is 324 g/mol. The molecule has 1 fully saturated rings. The second-order valence-electron chi connectivity index (χ2n) is 5.15. The van der Waals surface area contributed by atoms with Gasteiger partial charge < -0.3 is 9.80 Å². The van der Waals surface area contributed by atoms with E-state index >= 15 is 0 Å². The summed E-state index contributed by atoms with van der Waals surface area (Å²) < 4.78 is 0. The van der Waals surface area contributed by atoms with Crippen molar-refractivity contribution in [2.24, 2.45) is 0 Å². The van der Waals surface area contributed by atoms with E-state index in [-0.39, 0.29) is 10.7 Å². The third-order valence-corrected chi connectivity index (χ3v) is 4.24. The van der Waals surface area contributed by atoms with Gasteiger partial charge in [0.25, 0.3) is 0 Å². The molecule has 104 valence electrons. The Morgan fingerprint density at radius 2 is 1.84 bits per heavy atom. The number of halogens is 1. The van der Waals surface area contributed by atoms with Gasteiger partial charge in [-0.3, -0.25) is 4.79 Å².